The first-order valence-electron chi connectivity index (χ1n) is 8.12. The lowest BCUT2D eigenvalue weighted by atomic mass is 9.88. The van der Waals surface area contributed by atoms with Crippen LogP contribution < -0.4 is 15.4 Å². The Labute approximate surface area is 134 Å². The molecule has 23 heavy (non-hydrogen) atoms. The molecule has 0 saturated carbocycles. The number of fused-ring (bicyclic) bond motifs is 6. The van der Waals surface area contributed by atoms with Crippen molar-refractivity contribution in [3.05, 3.63) is 70.3 Å². The molecule has 3 heterocycles. The molecule has 1 N–H and O–H groups in total. The van der Waals surface area contributed by atoms with Gasteiger partial charge in [0.25, 0.3) is 5.82 Å². The summed E-state index contributed by atoms with van der Waals surface area (Å²) < 4.78 is 4.15. The van der Waals surface area contributed by atoms with Crippen molar-refractivity contribution in [3.8, 4) is 0 Å². The van der Waals surface area contributed by atoms with Gasteiger partial charge in [-0.2, -0.15) is 4.57 Å². The molecule has 4 nitrogen and oxygen atoms in total. The minimum absolute atomic E-state index is 0.130. The molecule has 0 fully saturated rings. The average molecular weight is 304 g/mol. The zero-order chi connectivity index (χ0) is 15.6. The van der Waals surface area contributed by atoms with Gasteiger partial charge >= 0.3 is 5.56 Å². The van der Waals surface area contributed by atoms with Gasteiger partial charge in [0.05, 0.1) is 13.6 Å². The van der Waals surface area contributed by atoms with Crippen LogP contribution in [0.5, 0.6) is 0 Å². The van der Waals surface area contributed by atoms with E-state index in [1.54, 1.807) is 0 Å². The third kappa shape index (κ3) is 1.61. The molecule has 2 aromatic carbocycles. The third-order valence-electron chi connectivity index (χ3n) is 5.38. The lowest BCUT2D eigenvalue weighted by Gasteiger charge is -2.26. The molecule has 114 valence electrons. The van der Waals surface area contributed by atoms with E-state index < -0.39 is 0 Å². The fraction of sp³-hybridized carbons (Fsp3) is 0.263. The normalized spacial score (nSPS) is 21.4. The molecule has 0 saturated heterocycles. The van der Waals surface area contributed by atoms with Gasteiger partial charge in [-0.15, -0.1) is 0 Å². The molecule has 2 aliphatic rings. The van der Waals surface area contributed by atoms with Gasteiger partial charge < -0.3 is 5.32 Å². The van der Waals surface area contributed by atoms with Crippen LogP contribution in [0.25, 0.3) is 10.9 Å². The van der Waals surface area contributed by atoms with Crippen LogP contribution in [0.3, 0.4) is 0 Å². The second-order valence-corrected chi connectivity index (χ2v) is 6.50. The molecule has 4 heteroatoms. The van der Waals surface area contributed by atoms with Gasteiger partial charge in [0.15, 0.2) is 0 Å². The summed E-state index contributed by atoms with van der Waals surface area (Å²) in [7, 11) is 2.07. The first-order valence-corrected chi connectivity index (χ1v) is 8.12. The highest BCUT2D eigenvalue weighted by molar-refractivity contribution is 5.74. The van der Waals surface area contributed by atoms with Crippen LogP contribution in [-0.2, 0) is 13.6 Å². The number of nitrogens with one attached hydrogen (secondary N) is 1. The number of hydrogen-bond acceptors (Lipinski definition) is 2. The molecule has 2 aliphatic heterocycles. The molecular weight excluding hydrogens is 286 g/mol. The van der Waals surface area contributed by atoms with E-state index in [-0.39, 0.29) is 11.6 Å². The molecule has 0 radical (unpaired) electrons. The number of aryl methyl sites for hydroxylation is 1. The zero-order valence-electron chi connectivity index (χ0n) is 13.0. The van der Waals surface area contributed by atoms with Crippen molar-refractivity contribution < 1.29 is 4.57 Å². The second kappa shape index (κ2) is 4.44. The standard InChI is InChI=1S/C19H18N3O/c1-21-16-9-5-3-7-14(16)19(23)22-11-10-13-12-6-2-4-8-15(12)20-17(13)18(21)22/h2-9,13,17,20H,10-11H2,1H3/q+1/t13-,17+/m1/s1. The Morgan fingerprint density at radius 3 is 2.83 bits per heavy atom. The van der Waals surface area contributed by atoms with Crippen molar-refractivity contribution in [1.82, 2.24) is 4.57 Å². The fourth-order valence-electron chi connectivity index (χ4n) is 4.33. The lowest BCUT2D eigenvalue weighted by Crippen LogP contribution is -2.48. The van der Waals surface area contributed by atoms with Crippen molar-refractivity contribution in [1.29, 1.82) is 0 Å². The van der Waals surface area contributed by atoms with E-state index in [4.69, 9.17) is 0 Å². The van der Waals surface area contributed by atoms with Crippen LogP contribution in [0, 0.1) is 0 Å². The highest BCUT2D eigenvalue weighted by atomic mass is 16.1. The molecule has 1 aromatic heterocycles. The highest BCUT2D eigenvalue weighted by Crippen LogP contribution is 2.47. The summed E-state index contributed by atoms with van der Waals surface area (Å²) in [6.07, 6.45) is 1.000. The summed E-state index contributed by atoms with van der Waals surface area (Å²) in [6.45, 7) is 0.782. The van der Waals surface area contributed by atoms with E-state index in [1.807, 2.05) is 28.8 Å². The number of rotatable bonds is 0. The van der Waals surface area contributed by atoms with Gasteiger partial charge in [0.2, 0.25) is 0 Å². The molecule has 5 rings (SSSR count). The number of aromatic nitrogens is 2. The minimum Gasteiger partial charge on any atom is -0.371 e. The Kier molecular flexibility index (Phi) is 2.49. The summed E-state index contributed by atoms with van der Waals surface area (Å²) in [5, 5.41) is 4.44. The summed E-state index contributed by atoms with van der Waals surface area (Å²) >= 11 is 0. The first-order chi connectivity index (χ1) is 11.3. The van der Waals surface area contributed by atoms with Crippen molar-refractivity contribution >= 4 is 16.6 Å². The van der Waals surface area contributed by atoms with Crippen molar-refractivity contribution in [2.45, 2.75) is 24.9 Å². The highest BCUT2D eigenvalue weighted by Gasteiger charge is 2.44. The molecule has 2 atom stereocenters. The van der Waals surface area contributed by atoms with Gasteiger partial charge in [-0.05, 0) is 30.2 Å². The van der Waals surface area contributed by atoms with Gasteiger partial charge in [-0.3, -0.25) is 0 Å². The molecular formula is C19H18N3O+. The van der Waals surface area contributed by atoms with Gasteiger partial charge in [0.1, 0.15) is 16.9 Å². The third-order valence-corrected chi connectivity index (χ3v) is 5.38. The van der Waals surface area contributed by atoms with Crippen LogP contribution >= 0.6 is 0 Å². The largest absolute Gasteiger partial charge is 0.371 e. The van der Waals surface area contributed by atoms with Gasteiger partial charge in [0, 0.05) is 11.6 Å². The van der Waals surface area contributed by atoms with Gasteiger partial charge in [-0.25, -0.2) is 9.36 Å². The Morgan fingerprint density at radius 2 is 1.91 bits per heavy atom. The SMILES string of the molecule is C[n+]1c2n(c(=O)c3ccccc31)CC[C@@H]1c3ccccc3N[C@H]21. The smallest absolute Gasteiger partial charge is 0.345 e. The molecule has 3 aromatic rings. The Bertz CT molecular complexity index is 1010. The van der Waals surface area contributed by atoms with E-state index in [0.717, 1.165) is 29.7 Å². The van der Waals surface area contributed by atoms with Crippen LogP contribution in [0.4, 0.5) is 5.69 Å². The number of nitrogens with zero attached hydrogens (tertiary/aromatic N) is 2. The quantitative estimate of drug-likeness (QED) is 0.648. The summed E-state index contributed by atoms with van der Waals surface area (Å²) in [5.41, 5.74) is 3.72. The number of benzene rings is 2. The van der Waals surface area contributed by atoms with E-state index in [1.165, 1.54) is 11.3 Å². The molecule has 0 amide bonds. The topological polar surface area (TPSA) is 37.9 Å². The van der Waals surface area contributed by atoms with E-state index in [9.17, 15) is 4.79 Å². The fourth-order valence-corrected chi connectivity index (χ4v) is 4.33. The number of hydrogen-bond donors (Lipinski definition) is 1. The summed E-state index contributed by atoms with van der Waals surface area (Å²) in [6, 6.07) is 16.6. The van der Waals surface area contributed by atoms with E-state index in [2.05, 4.69) is 41.2 Å². The first kappa shape index (κ1) is 12.9. The van der Waals surface area contributed by atoms with E-state index in [0.29, 0.717) is 5.92 Å². The molecule has 0 spiro atoms. The maximum Gasteiger partial charge on any atom is 0.345 e. The van der Waals surface area contributed by atoms with Crippen LogP contribution in [0.1, 0.15) is 29.8 Å². The average Bonchev–Trinajstić information content (AvgIpc) is 2.98. The monoisotopic (exact) mass is 304 g/mol. The summed E-state index contributed by atoms with van der Waals surface area (Å²) in [4.78, 5) is 12.9. The van der Waals surface area contributed by atoms with Crippen molar-refractivity contribution in [3.63, 3.8) is 0 Å². The number of para-hydroxylation sites is 2. The van der Waals surface area contributed by atoms with Crippen LogP contribution in [-0.4, -0.2) is 4.57 Å². The van der Waals surface area contributed by atoms with Gasteiger partial charge in [-0.1, -0.05) is 30.3 Å². The second-order valence-electron chi connectivity index (χ2n) is 6.50. The van der Waals surface area contributed by atoms with Crippen LogP contribution in [0.15, 0.2) is 53.3 Å². The number of anilines is 1. The maximum atomic E-state index is 12.9. The Balaban J connectivity index is 1.80. The molecule has 0 aliphatic carbocycles. The predicted molar refractivity (Wildman–Crippen MR) is 89.5 cm³/mol. The maximum absolute atomic E-state index is 12.9. The zero-order valence-corrected chi connectivity index (χ0v) is 13.0. The minimum atomic E-state index is 0.130. The molecule has 0 bridgehead atoms. The molecule has 0 unspecified atom stereocenters. The van der Waals surface area contributed by atoms with E-state index >= 15 is 0 Å². The van der Waals surface area contributed by atoms with Crippen LogP contribution in [0.2, 0.25) is 0 Å². The lowest BCUT2D eigenvalue weighted by molar-refractivity contribution is -0.660. The summed E-state index contributed by atoms with van der Waals surface area (Å²) in [5.74, 6) is 1.53. The van der Waals surface area contributed by atoms with Crippen molar-refractivity contribution in [2.75, 3.05) is 5.32 Å². The van der Waals surface area contributed by atoms with Crippen molar-refractivity contribution in [2.24, 2.45) is 7.05 Å². The Morgan fingerprint density at radius 1 is 1.13 bits per heavy atom. The predicted octanol–water partition coefficient (Wildman–Crippen LogP) is 2.48. The Hall–Kier alpha value is -2.62.